The third-order valence-electron chi connectivity index (χ3n) is 3.00. The van der Waals surface area contributed by atoms with Crippen LogP contribution in [0, 0.1) is 20.8 Å². The molecule has 0 aliphatic rings. The fourth-order valence-electron chi connectivity index (χ4n) is 2.25. The number of carbonyl (C=O) groups excluding carboxylic acids is 1. The SMILES string of the molecule is Cc1cc(C)c(S(=O)(=O)NCCC(=O)NCC(F)(F)F)c(C)c1. The molecule has 2 N–H and O–H groups in total. The van der Waals surface area contributed by atoms with Crippen LogP contribution in [0.1, 0.15) is 23.1 Å². The van der Waals surface area contributed by atoms with Gasteiger partial charge in [0, 0.05) is 13.0 Å². The molecule has 0 bridgehead atoms. The standard InChI is InChI=1S/C14H19F3N2O3S/c1-9-6-10(2)13(11(3)7-9)23(21,22)19-5-4-12(20)18-8-14(15,16)17/h6-7,19H,4-5,8H2,1-3H3,(H,18,20). The molecule has 9 heteroatoms. The van der Waals surface area contributed by atoms with Crippen molar-refractivity contribution in [1.29, 1.82) is 0 Å². The Morgan fingerprint density at radius 2 is 1.65 bits per heavy atom. The minimum Gasteiger partial charge on any atom is -0.347 e. The molecule has 1 rings (SSSR count). The zero-order chi connectivity index (χ0) is 17.8. The van der Waals surface area contributed by atoms with E-state index in [2.05, 4.69) is 4.72 Å². The highest BCUT2D eigenvalue weighted by Gasteiger charge is 2.27. The van der Waals surface area contributed by atoms with Gasteiger partial charge in [0.2, 0.25) is 15.9 Å². The minimum atomic E-state index is -4.49. The summed E-state index contributed by atoms with van der Waals surface area (Å²) >= 11 is 0. The van der Waals surface area contributed by atoms with E-state index in [1.54, 1.807) is 31.3 Å². The molecule has 0 radical (unpaired) electrons. The lowest BCUT2D eigenvalue weighted by Gasteiger charge is -2.13. The highest BCUT2D eigenvalue weighted by molar-refractivity contribution is 7.89. The second kappa shape index (κ2) is 7.31. The number of alkyl halides is 3. The number of benzene rings is 1. The first-order valence-corrected chi connectivity index (χ1v) is 8.31. The van der Waals surface area contributed by atoms with Gasteiger partial charge >= 0.3 is 6.18 Å². The van der Waals surface area contributed by atoms with Crippen LogP contribution < -0.4 is 10.0 Å². The summed E-state index contributed by atoms with van der Waals surface area (Å²) in [6.07, 6.45) is -4.87. The van der Waals surface area contributed by atoms with Crippen molar-refractivity contribution in [3.05, 3.63) is 28.8 Å². The van der Waals surface area contributed by atoms with Crippen LogP contribution in [0.2, 0.25) is 0 Å². The lowest BCUT2D eigenvalue weighted by molar-refractivity contribution is -0.138. The molecule has 0 saturated carbocycles. The topological polar surface area (TPSA) is 75.3 Å². The van der Waals surface area contributed by atoms with E-state index in [1.807, 2.05) is 6.92 Å². The summed E-state index contributed by atoms with van der Waals surface area (Å²) in [6.45, 7) is 3.44. The largest absolute Gasteiger partial charge is 0.405 e. The van der Waals surface area contributed by atoms with Crippen molar-refractivity contribution >= 4 is 15.9 Å². The lowest BCUT2D eigenvalue weighted by Crippen LogP contribution is -2.36. The van der Waals surface area contributed by atoms with Crippen molar-refractivity contribution in [2.45, 2.75) is 38.3 Å². The van der Waals surface area contributed by atoms with Gasteiger partial charge in [-0.05, 0) is 31.9 Å². The van der Waals surface area contributed by atoms with E-state index in [4.69, 9.17) is 0 Å². The molecule has 130 valence electrons. The first kappa shape index (κ1) is 19.4. The first-order valence-electron chi connectivity index (χ1n) is 6.83. The Morgan fingerprint density at radius 1 is 1.13 bits per heavy atom. The predicted molar refractivity (Wildman–Crippen MR) is 79.5 cm³/mol. The summed E-state index contributed by atoms with van der Waals surface area (Å²) in [5.74, 6) is -0.873. The van der Waals surface area contributed by atoms with Crippen LogP contribution in [0.25, 0.3) is 0 Å². The maximum absolute atomic E-state index is 12.3. The zero-order valence-electron chi connectivity index (χ0n) is 13.0. The van der Waals surface area contributed by atoms with Gasteiger partial charge in [-0.15, -0.1) is 0 Å². The normalized spacial score (nSPS) is 12.3. The van der Waals surface area contributed by atoms with Gasteiger partial charge in [0.25, 0.3) is 0 Å². The molecule has 0 aliphatic carbocycles. The van der Waals surface area contributed by atoms with E-state index < -0.39 is 28.7 Å². The number of carbonyl (C=O) groups is 1. The van der Waals surface area contributed by atoms with Gasteiger partial charge in [-0.25, -0.2) is 13.1 Å². The molecule has 0 unspecified atom stereocenters. The number of rotatable bonds is 6. The van der Waals surface area contributed by atoms with E-state index in [9.17, 15) is 26.4 Å². The van der Waals surface area contributed by atoms with Crippen molar-refractivity contribution in [3.8, 4) is 0 Å². The van der Waals surface area contributed by atoms with Gasteiger partial charge in [-0.2, -0.15) is 13.2 Å². The minimum absolute atomic E-state index is 0.124. The number of nitrogens with one attached hydrogen (secondary N) is 2. The Hall–Kier alpha value is -1.61. The van der Waals surface area contributed by atoms with Crippen LogP contribution in [0.5, 0.6) is 0 Å². The highest BCUT2D eigenvalue weighted by Crippen LogP contribution is 2.21. The number of aryl methyl sites for hydroxylation is 3. The van der Waals surface area contributed by atoms with Crippen LogP contribution in [0.3, 0.4) is 0 Å². The van der Waals surface area contributed by atoms with E-state index in [-0.39, 0.29) is 17.9 Å². The van der Waals surface area contributed by atoms with E-state index in [0.29, 0.717) is 11.1 Å². The number of sulfonamides is 1. The Kier molecular flexibility index (Phi) is 6.18. The Bertz CT molecular complexity index is 662. The molecular formula is C14H19F3N2O3S. The lowest BCUT2D eigenvalue weighted by atomic mass is 10.1. The molecule has 0 heterocycles. The fourth-order valence-corrected chi connectivity index (χ4v) is 3.73. The molecule has 23 heavy (non-hydrogen) atoms. The molecule has 0 spiro atoms. The van der Waals surface area contributed by atoms with Crippen molar-refractivity contribution in [3.63, 3.8) is 0 Å². The van der Waals surface area contributed by atoms with Crippen molar-refractivity contribution in [1.82, 2.24) is 10.0 Å². The van der Waals surface area contributed by atoms with E-state index >= 15 is 0 Å². The molecule has 0 aromatic heterocycles. The van der Waals surface area contributed by atoms with E-state index in [1.165, 1.54) is 0 Å². The average Bonchev–Trinajstić information content (AvgIpc) is 2.33. The van der Waals surface area contributed by atoms with Crippen LogP contribution in [-0.4, -0.2) is 33.6 Å². The van der Waals surface area contributed by atoms with Gasteiger partial charge in [0.05, 0.1) is 4.90 Å². The van der Waals surface area contributed by atoms with Crippen LogP contribution in [0.4, 0.5) is 13.2 Å². The maximum atomic E-state index is 12.3. The van der Waals surface area contributed by atoms with Crippen molar-refractivity contribution in [2.75, 3.05) is 13.1 Å². The predicted octanol–water partition coefficient (Wildman–Crippen LogP) is 1.96. The van der Waals surface area contributed by atoms with Crippen LogP contribution in [0.15, 0.2) is 17.0 Å². The highest BCUT2D eigenvalue weighted by atomic mass is 32.2. The number of halogens is 3. The van der Waals surface area contributed by atoms with Crippen molar-refractivity contribution in [2.24, 2.45) is 0 Å². The molecule has 0 saturated heterocycles. The third kappa shape index (κ3) is 6.19. The summed E-state index contributed by atoms with van der Waals surface area (Å²) < 4.78 is 62.6. The second-order valence-corrected chi connectivity index (χ2v) is 6.97. The summed E-state index contributed by atoms with van der Waals surface area (Å²) in [5, 5.41) is 1.68. The Morgan fingerprint density at radius 3 is 2.13 bits per heavy atom. The molecule has 1 aromatic carbocycles. The Labute approximate surface area is 133 Å². The summed E-state index contributed by atoms with van der Waals surface area (Å²) in [6, 6.07) is 3.44. The van der Waals surface area contributed by atoms with Gasteiger partial charge in [0.1, 0.15) is 6.54 Å². The van der Waals surface area contributed by atoms with Gasteiger partial charge < -0.3 is 5.32 Å². The molecular weight excluding hydrogens is 333 g/mol. The third-order valence-corrected chi connectivity index (χ3v) is 4.77. The first-order chi connectivity index (χ1) is 10.4. The number of hydrogen-bond donors (Lipinski definition) is 2. The monoisotopic (exact) mass is 352 g/mol. The molecule has 0 atom stereocenters. The Balaban J connectivity index is 2.66. The van der Waals surface area contributed by atoms with Crippen LogP contribution in [-0.2, 0) is 14.8 Å². The van der Waals surface area contributed by atoms with Gasteiger partial charge in [-0.3, -0.25) is 4.79 Å². The summed E-state index contributed by atoms with van der Waals surface area (Å²) in [7, 11) is -3.83. The van der Waals surface area contributed by atoms with Gasteiger partial charge in [0.15, 0.2) is 0 Å². The summed E-state index contributed by atoms with van der Waals surface area (Å²) in [5.41, 5.74) is 2.05. The molecule has 1 aromatic rings. The zero-order valence-corrected chi connectivity index (χ0v) is 13.9. The smallest absolute Gasteiger partial charge is 0.347 e. The maximum Gasteiger partial charge on any atom is 0.405 e. The van der Waals surface area contributed by atoms with Gasteiger partial charge in [-0.1, -0.05) is 17.7 Å². The second-order valence-electron chi connectivity index (χ2n) is 5.27. The molecule has 0 fully saturated rings. The quantitative estimate of drug-likeness (QED) is 0.822. The van der Waals surface area contributed by atoms with Crippen molar-refractivity contribution < 1.29 is 26.4 Å². The molecule has 1 amide bonds. The van der Waals surface area contributed by atoms with E-state index in [0.717, 1.165) is 5.56 Å². The number of hydrogen-bond acceptors (Lipinski definition) is 3. The molecule has 0 aliphatic heterocycles. The fraction of sp³-hybridized carbons (Fsp3) is 0.500. The molecule has 5 nitrogen and oxygen atoms in total. The number of amides is 1. The van der Waals surface area contributed by atoms with Crippen LogP contribution >= 0.6 is 0 Å². The average molecular weight is 352 g/mol. The summed E-state index contributed by atoms with van der Waals surface area (Å²) in [4.78, 5) is 11.4.